The molecule has 0 atom stereocenters. The lowest BCUT2D eigenvalue weighted by Gasteiger charge is -2.03. The average Bonchev–Trinajstić information content (AvgIpc) is 2.54. The maximum absolute atomic E-state index is 12.2. The Labute approximate surface area is 116 Å². The Hall–Kier alpha value is -1.36. The van der Waals surface area contributed by atoms with E-state index in [9.17, 15) is 9.59 Å². The van der Waals surface area contributed by atoms with Gasteiger partial charge in [-0.05, 0) is 29.4 Å². The molecule has 0 bridgehead atoms. The first-order valence-corrected chi connectivity index (χ1v) is 7.05. The fourth-order valence-electron chi connectivity index (χ4n) is 2.80. The monoisotopic (exact) mass is 281 g/mol. The summed E-state index contributed by atoms with van der Waals surface area (Å²) >= 11 is 1.11. The van der Waals surface area contributed by atoms with Crippen LogP contribution in [0.15, 0.2) is 6.07 Å². The Kier molecular flexibility index (Phi) is 3.01. The number of thiophene rings is 1. The van der Waals surface area contributed by atoms with Crippen molar-refractivity contribution in [2.75, 3.05) is 5.32 Å². The largest absolute Gasteiger partial charge is 0.477 e. The van der Waals surface area contributed by atoms with E-state index >= 15 is 0 Å². The first kappa shape index (κ1) is 14.1. The number of aromatic carboxylic acids is 1. The Morgan fingerprint density at radius 2 is 1.79 bits per heavy atom. The number of carboxylic acids is 1. The molecular formula is C14H19NO3S. The molecule has 0 unspecified atom stereocenters. The molecule has 4 nitrogen and oxygen atoms in total. The molecule has 1 aromatic rings. The summed E-state index contributed by atoms with van der Waals surface area (Å²) in [6.07, 6.45) is 0. The lowest BCUT2D eigenvalue weighted by molar-refractivity contribution is -0.118. The van der Waals surface area contributed by atoms with Crippen molar-refractivity contribution < 1.29 is 14.7 Å². The molecule has 104 valence electrons. The summed E-state index contributed by atoms with van der Waals surface area (Å²) in [4.78, 5) is 23.5. The Morgan fingerprint density at radius 3 is 2.16 bits per heavy atom. The maximum atomic E-state index is 12.2. The van der Waals surface area contributed by atoms with Crippen molar-refractivity contribution in [3.8, 4) is 0 Å². The number of carbonyl (C=O) groups excluding carboxylic acids is 1. The van der Waals surface area contributed by atoms with Gasteiger partial charge in [-0.15, -0.1) is 11.3 Å². The molecule has 0 aromatic carbocycles. The minimum atomic E-state index is -0.949. The van der Waals surface area contributed by atoms with Crippen molar-refractivity contribution in [1.82, 2.24) is 0 Å². The Morgan fingerprint density at radius 1 is 1.26 bits per heavy atom. The van der Waals surface area contributed by atoms with Gasteiger partial charge >= 0.3 is 5.97 Å². The van der Waals surface area contributed by atoms with E-state index in [4.69, 9.17) is 5.11 Å². The third-order valence-corrected chi connectivity index (χ3v) is 5.78. The summed E-state index contributed by atoms with van der Waals surface area (Å²) in [5, 5.41) is 12.5. The zero-order chi connectivity index (χ0) is 14.6. The molecule has 0 spiro atoms. The molecule has 0 radical (unpaired) electrons. The van der Waals surface area contributed by atoms with Crippen LogP contribution >= 0.6 is 11.3 Å². The van der Waals surface area contributed by atoms with Gasteiger partial charge < -0.3 is 10.4 Å². The van der Waals surface area contributed by atoms with Gasteiger partial charge in [0.15, 0.2) is 0 Å². The number of hydrogen-bond acceptors (Lipinski definition) is 3. The first-order chi connectivity index (χ1) is 8.59. The molecule has 1 aliphatic carbocycles. The van der Waals surface area contributed by atoms with Gasteiger partial charge in [0.2, 0.25) is 5.91 Å². The molecule has 1 heterocycles. The summed E-state index contributed by atoms with van der Waals surface area (Å²) in [5.74, 6) is -1.00. The molecule has 1 aliphatic rings. The lowest BCUT2D eigenvalue weighted by Crippen LogP contribution is -2.16. The summed E-state index contributed by atoms with van der Waals surface area (Å²) < 4.78 is 0. The van der Waals surface area contributed by atoms with Gasteiger partial charge in [-0.3, -0.25) is 4.79 Å². The average molecular weight is 281 g/mol. The van der Waals surface area contributed by atoms with Crippen LogP contribution in [0.2, 0.25) is 0 Å². The van der Waals surface area contributed by atoms with Crippen LogP contribution in [0.5, 0.6) is 0 Å². The molecule has 1 fully saturated rings. The number of nitrogens with one attached hydrogen (secondary N) is 1. The van der Waals surface area contributed by atoms with E-state index in [1.54, 1.807) is 13.0 Å². The molecule has 1 saturated carbocycles. The van der Waals surface area contributed by atoms with Gasteiger partial charge in [0, 0.05) is 5.92 Å². The highest BCUT2D eigenvalue weighted by molar-refractivity contribution is 7.18. The number of carbonyl (C=O) groups is 2. The maximum Gasteiger partial charge on any atom is 0.346 e. The molecule has 19 heavy (non-hydrogen) atoms. The van der Waals surface area contributed by atoms with E-state index in [-0.39, 0.29) is 27.5 Å². The molecular weight excluding hydrogens is 262 g/mol. The molecule has 2 rings (SSSR count). The van der Waals surface area contributed by atoms with Crippen LogP contribution < -0.4 is 5.32 Å². The number of amides is 1. The summed E-state index contributed by atoms with van der Waals surface area (Å²) in [7, 11) is 0. The second-order valence-electron chi connectivity index (χ2n) is 6.29. The number of rotatable bonds is 3. The zero-order valence-electron chi connectivity index (χ0n) is 11.8. The number of carboxylic acid groups (broad SMARTS) is 1. The van der Waals surface area contributed by atoms with E-state index in [0.29, 0.717) is 10.6 Å². The van der Waals surface area contributed by atoms with Crippen LogP contribution in [-0.4, -0.2) is 17.0 Å². The van der Waals surface area contributed by atoms with Crippen LogP contribution in [0.3, 0.4) is 0 Å². The topological polar surface area (TPSA) is 66.4 Å². The van der Waals surface area contributed by atoms with Crippen LogP contribution in [0, 0.1) is 23.7 Å². The third-order valence-electron chi connectivity index (χ3n) is 4.64. The van der Waals surface area contributed by atoms with Crippen LogP contribution in [-0.2, 0) is 4.79 Å². The zero-order valence-corrected chi connectivity index (χ0v) is 12.6. The Bertz CT molecular complexity index is 543. The first-order valence-electron chi connectivity index (χ1n) is 6.23. The van der Waals surface area contributed by atoms with E-state index in [1.807, 2.05) is 0 Å². The highest BCUT2D eigenvalue weighted by Gasteiger charge is 2.68. The number of anilines is 1. The number of aryl methyl sites for hydroxylation is 1. The van der Waals surface area contributed by atoms with Crippen LogP contribution in [0.25, 0.3) is 0 Å². The Balaban J connectivity index is 2.13. The van der Waals surface area contributed by atoms with E-state index < -0.39 is 5.97 Å². The smallest absolute Gasteiger partial charge is 0.346 e. The predicted octanol–water partition coefficient (Wildman–Crippen LogP) is 3.38. The van der Waals surface area contributed by atoms with Gasteiger partial charge in [-0.1, -0.05) is 27.7 Å². The quantitative estimate of drug-likeness (QED) is 0.892. The second kappa shape index (κ2) is 4.07. The molecule has 5 heteroatoms. The molecule has 2 N–H and O–H groups in total. The molecule has 1 amide bonds. The highest BCUT2D eigenvalue weighted by Crippen LogP contribution is 2.68. The molecule has 0 saturated heterocycles. The highest BCUT2D eigenvalue weighted by atomic mass is 32.1. The van der Waals surface area contributed by atoms with E-state index in [2.05, 4.69) is 33.0 Å². The van der Waals surface area contributed by atoms with Crippen molar-refractivity contribution in [1.29, 1.82) is 0 Å². The third kappa shape index (κ3) is 2.06. The normalized spacial score (nSPS) is 20.1. The standard InChI is InChI=1S/C14H19NO3S/c1-7-6-8(19-9(7)12(17)18)15-11(16)10-13(2,3)14(10,4)5/h6,10H,1-5H3,(H,15,16)(H,17,18). The fraction of sp³-hybridized carbons (Fsp3) is 0.571. The van der Waals surface area contributed by atoms with Gasteiger partial charge in [0.05, 0.1) is 5.00 Å². The van der Waals surface area contributed by atoms with Gasteiger partial charge in [0.25, 0.3) is 0 Å². The number of hydrogen-bond donors (Lipinski definition) is 2. The van der Waals surface area contributed by atoms with Crippen molar-refractivity contribution in [2.45, 2.75) is 34.6 Å². The minimum absolute atomic E-state index is 0.0149. The van der Waals surface area contributed by atoms with Crippen molar-refractivity contribution in [2.24, 2.45) is 16.7 Å². The van der Waals surface area contributed by atoms with Crippen LogP contribution in [0.1, 0.15) is 42.9 Å². The van der Waals surface area contributed by atoms with E-state index in [1.165, 1.54) is 0 Å². The van der Waals surface area contributed by atoms with Crippen molar-refractivity contribution in [3.05, 3.63) is 16.5 Å². The van der Waals surface area contributed by atoms with Gasteiger partial charge in [0.1, 0.15) is 4.88 Å². The van der Waals surface area contributed by atoms with Gasteiger partial charge in [-0.2, -0.15) is 0 Å². The van der Waals surface area contributed by atoms with Crippen molar-refractivity contribution >= 4 is 28.2 Å². The fourth-order valence-corrected chi connectivity index (χ4v) is 3.72. The predicted molar refractivity (Wildman–Crippen MR) is 75.7 cm³/mol. The SMILES string of the molecule is Cc1cc(NC(=O)C2C(C)(C)C2(C)C)sc1C(=O)O. The lowest BCUT2D eigenvalue weighted by atomic mass is 10.0. The van der Waals surface area contributed by atoms with Crippen molar-refractivity contribution in [3.63, 3.8) is 0 Å². The molecule has 0 aliphatic heterocycles. The summed E-state index contributed by atoms with van der Waals surface area (Å²) in [6.45, 7) is 10.1. The summed E-state index contributed by atoms with van der Waals surface area (Å²) in [5.41, 5.74) is 0.653. The molecule has 1 aromatic heterocycles. The van der Waals surface area contributed by atoms with E-state index in [0.717, 1.165) is 11.3 Å². The minimum Gasteiger partial charge on any atom is -0.477 e. The summed E-state index contributed by atoms with van der Waals surface area (Å²) in [6, 6.07) is 1.72. The van der Waals surface area contributed by atoms with Crippen LogP contribution in [0.4, 0.5) is 5.00 Å². The van der Waals surface area contributed by atoms with Gasteiger partial charge in [-0.25, -0.2) is 4.79 Å². The second-order valence-corrected chi connectivity index (χ2v) is 7.35.